The summed E-state index contributed by atoms with van der Waals surface area (Å²) in [5.74, 6) is 0.724. The Kier molecular flexibility index (Phi) is 4.99. The zero-order chi connectivity index (χ0) is 13.8. The van der Waals surface area contributed by atoms with Crippen LogP contribution in [0.4, 0.5) is 0 Å². The normalized spacial score (nSPS) is 22.8. The van der Waals surface area contributed by atoms with Crippen molar-refractivity contribution in [2.75, 3.05) is 13.1 Å². The number of nitrogens with zero attached hydrogens (tertiary/aromatic N) is 1. The van der Waals surface area contributed by atoms with Crippen LogP contribution in [0.25, 0.3) is 0 Å². The van der Waals surface area contributed by atoms with E-state index in [2.05, 4.69) is 28.9 Å². The lowest BCUT2D eigenvalue weighted by molar-refractivity contribution is -0.131. The van der Waals surface area contributed by atoms with Crippen LogP contribution < -0.4 is 5.73 Å². The summed E-state index contributed by atoms with van der Waals surface area (Å²) in [6.45, 7) is 3.62. The lowest BCUT2D eigenvalue weighted by Gasteiger charge is -2.21. The second-order valence-electron chi connectivity index (χ2n) is 5.32. The Morgan fingerprint density at radius 3 is 2.84 bits per heavy atom. The van der Waals surface area contributed by atoms with Gasteiger partial charge in [-0.3, -0.25) is 4.79 Å². The number of rotatable bonds is 4. The van der Waals surface area contributed by atoms with Crippen molar-refractivity contribution in [3.05, 3.63) is 34.3 Å². The molecule has 3 nitrogen and oxygen atoms in total. The van der Waals surface area contributed by atoms with Gasteiger partial charge in [0.05, 0.1) is 0 Å². The smallest absolute Gasteiger partial charge is 0.223 e. The Labute approximate surface area is 123 Å². The fourth-order valence-corrected chi connectivity index (χ4v) is 3.23. The minimum Gasteiger partial charge on any atom is -0.340 e. The summed E-state index contributed by atoms with van der Waals surface area (Å²) in [6, 6.07) is 8.41. The molecule has 1 aliphatic rings. The van der Waals surface area contributed by atoms with Crippen molar-refractivity contribution >= 4 is 21.8 Å². The summed E-state index contributed by atoms with van der Waals surface area (Å²) in [5, 5.41) is 0. The molecule has 4 heteroatoms. The largest absolute Gasteiger partial charge is 0.340 e. The van der Waals surface area contributed by atoms with Crippen molar-refractivity contribution in [1.82, 2.24) is 4.90 Å². The van der Waals surface area contributed by atoms with Crippen molar-refractivity contribution in [2.24, 2.45) is 11.7 Å². The van der Waals surface area contributed by atoms with Crippen molar-refractivity contribution < 1.29 is 4.79 Å². The third-order valence-electron chi connectivity index (χ3n) is 3.88. The SMILES string of the molecule is CC1CC(CN)CN1C(=O)CCc1ccccc1Br. The van der Waals surface area contributed by atoms with E-state index in [1.54, 1.807) is 0 Å². The summed E-state index contributed by atoms with van der Waals surface area (Å²) < 4.78 is 1.08. The van der Waals surface area contributed by atoms with Crippen molar-refractivity contribution in [3.63, 3.8) is 0 Å². The van der Waals surface area contributed by atoms with Gasteiger partial charge in [-0.1, -0.05) is 34.1 Å². The van der Waals surface area contributed by atoms with E-state index in [0.29, 0.717) is 24.9 Å². The summed E-state index contributed by atoms with van der Waals surface area (Å²) >= 11 is 3.52. The van der Waals surface area contributed by atoms with E-state index in [1.165, 1.54) is 5.56 Å². The van der Waals surface area contributed by atoms with Gasteiger partial charge in [0.1, 0.15) is 0 Å². The van der Waals surface area contributed by atoms with Crippen LogP contribution in [0, 0.1) is 5.92 Å². The molecule has 1 aromatic rings. The minimum atomic E-state index is 0.249. The first-order valence-corrected chi connectivity index (χ1v) is 7.64. The predicted octanol–water partition coefficient (Wildman–Crippen LogP) is 2.58. The fourth-order valence-electron chi connectivity index (χ4n) is 2.75. The molecule has 1 heterocycles. The molecule has 0 saturated carbocycles. The molecule has 0 aliphatic carbocycles. The van der Waals surface area contributed by atoms with E-state index >= 15 is 0 Å². The zero-order valence-electron chi connectivity index (χ0n) is 11.3. The number of nitrogens with two attached hydrogens (primary N) is 1. The van der Waals surface area contributed by atoms with Crippen LogP contribution in [0.5, 0.6) is 0 Å². The highest BCUT2D eigenvalue weighted by Gasteiger charge is 2.31. The van der Waals surface area contributed by atoms with Crippen LogP contribution in [0.2, 0.25) is 0 Å². The van der Waals surface area contributed by atoms with Crippen molar-refractivity contribution in [3.8, 4) is 0 Å². The molecule has 0 bridgehead atoms. The molecule has 1 aliphatic heterocycles. The summed E-state index contributed by atoms with van der Waals surface area (Å²) in [6.07, 6.45) is 2.40. The van der Waals surface area contributed by atoms with Crippen molar-refractivity contribution in [1.29, 1.82) is 0 Å². The molecular weight excluding hydrogens is 304 g/mol. The third kappa shape index (κ3) is 3.57. The summed E-state index contributed by atoms with van der Waals surface area (Å²) in [7, 11) is 0. The molecule has 2 N–H and O–H groups in total. The highest BCUT2D eigenvalue weighted by Crippen LogP contribution is 2.24. The number of halogens is 1. The van der Waals surface area contributed by atoms with Crippen LogP contribution in [0.1, 0.15) is 25.3 Å². The Morgan fingerprint density at radius 2 is 2.21 bits per heavy atom. The van der Waals surface area contributed by atoms with Crippen LogP contribution in [0.3, 0.4) is 0 Å². The molecule has 1 saturated heterocycles. The third-order valence-corrected chi connectivity index (χ3v) is 4.65. The van der Waals surface area contributed by atoms with Gasteiger partial charge in [-0.15, -0.1) is 0 Å². The van der Waals surface area contributed by atoms with Gasteiger partial charge in [0.15, 0.2) is 0 Å². The summed E-state index contributed by atoms with van der Waals surface area (Å²) in [5.41, 5.74) is 6.89. The highest BCUT2D eigenvalue weighted by molar-refractivity contribution is 9.10. The van der Waals surface area contributed by atoms with Gasteiger partial charge in [-0.25, -0.2) is 0 Å². The highest BCUT2D eigenvalue weighted by atomic mass is 79.9. The van der Waals surface area contributed by atoms with Crippen LogP contribution >= 0.6 is 15.9 Å². The first-order valence-electron chi connectivity index (χ1n) is 6.84. The maximum atomic E-state index is 12.3. The van der Waals surface area contributed by atoms with Gasteiger partial charge in [0.25, 0.3) is 0 Å². The average molecular weight is 325 g/mol. The standard InChI is InChI=1S/C15H21BrN2O/c1-11-8-12(9-17)10-18(11)15(19)7-6-13-4-2-3-5-14(13)16/h2-5,11-12H,6-10,17H2,1H3. The van der Waals surface area contributed by atoms with Gasteiger partial charge < -0.3 is 10.6 Å². The molecule has 19 heavy (non-hydrogen) atoms. The number of likely N-dealkylation sites (tertiary alicyclic amines) is 1. The number of aryl methyl sites for hydroxylation is 1. The number of carbonyl (C=O) groups excluding carboxylic acids is 1. The van der Waals surface area contributed by atoms with Gasteiger partial charge >= 0.3 is 0 Å². The van der Waals surface area contributed by atoms with Crippen molar-refractivity contribution in [2.45, 2.75) is 32.2 Å². The summed E-state index contributed by atoms with van der Waals surface area (Å²) in [4.78, 5) is 14.3. The van der Waals surface area contributed by atoms with Gasteiger partial charge in [-0.2, -0.15) is 0 Å². The molecule has 0 spiro atoms. The monoisotopic (exact) mass is 324 g/mol. The second kappa shape index (κ2) is 6.53. The first kappa shape index (κ1) is 14.5. The predicted molar refractivity (Wildman–Crippen MR) is 80.8 cm³/mol. The first-order chi connectivity index (χ1) is 9.11. The molecule has 2 rings (SSSR count). The van der Waals surface area contributed by atoms with Crippen LogP contribution in [-0.2, 0) is 11.2 Å². The minimum absolute atomic E-state index is 0.249. The Balaban J connectivity index is 1.90. The molecule has 0 aromatic heterocycles. The van der Waals surface area contributed by atoms with E-state index in [0.717, 1.165) is 23.9 Å². The maximum Gasteiger partial charge on any atom is 0.223 e. The van der Waals surface area contributed by atoms with Crippen LogP contribution in [0.15, 0.2) is 28.7 Å². The Hall–Kier alpha value is -0.870. The second-order valence-corrected chi connectivity index (χ2v) is 6.18. The molecule has 1 aromatic carbocycles. The quantitative estimate of drug-likeness (QED) is 0.925. The van der Waals surface area contributed by atoms with Gasteiger partial charge in [0, 0.05) is 23.5 Å². The Morgan fingerprint density at radius 1 is 1.47 bits per heavy atom. The zero-order valence-corrected chi connectivity index (χ0v) is 12.9. The van der Waals surface area contributed by atoms with E-state index in [4.69, 9.17) is 5.73 Å². The Bertz CT molecular complexity index is 450. The number of hydrogen-bond acceptors (Lipinski definition) is 2. The fraction of sp³-hybridized carbons (Fsp3) is 0.533. The van der Waals surface area contributed by atoms with Gasteiger partial charge in [0.2, 0.25) is 5.91 Å². The molecule has 2 atom stereocenters. The number of amides is 1. The topological polar surface area (TPSA) is 46.3 Å². The average Bonchev–Trinajstić information content (AvgIpc) is 2.79. The number of hydrogen-bond donors (Lipinski definition) is 1. The van der Waals surface area contributed by atoms with E-state index < -0.39 is 0 Å². The number of benzene rings is 1. The lowest BCUT2D eigenvalue weighted by atomic mass is 10.1. The van der Waals surface area contributed by atoms with Crippen LogP contribution in [-0.4, -0.2) is 29.9 Å². The molecule has 104 valence electrons. The number of carbonyl (C=O) groups is 1. The van der Waals surface area contributed by atoms with Gasteiger partial charge in [-0.05, 0) is 43.9 Å². The molecular formula is C15H21BrN2O. The van der Waals surface area contributed by atoms with E-state index in [-0.39, 0.29) is 5.91 Å². The molecule has 1 fully saturated rings. The molecule has 1 amide bonds. The molecule has 0 radical (unpaired) electrons. The lowest BCUT2D eigenvalue weighted by Crippen LogP contribution is -2.34. The van der Waals surface area contributed by atoms with E-state index in [9.17, 15) is 4.79 Å². The molecule has 2 unspecified atom stereocenters. The van der Waals surface area contributed by atoms with E-state index in [1.807, 2.05) is 23.1 Å². The maximum absolute atomic E-state index is 12.3.